The molecule has 154 valence electrons. The Bertz CT molecular complexity index is 767. The Labute approximate surface area is 162 Å². The van der Waals surface area contributed by atoms with E-state index in [1.165, 1.54) is 11.0 Å². The average molecular weight is 398 g/mol. The Morgan fingerprint density at radius 2 is 1.82 bits per heavy atom. The molecule has 2 amide bonds. The smallest absolute Gasteiger partial charge is 0.444 e. The minimum Gasteiger partial charge on any atom is -0.444 e. The monoisotopic (exact) mass is 398 g/mol. The number of ether oxygens (including phenoxy) is 1. The molecule has 0 saturated carbocycles. The summed E-state index contributed by atoms with van der Waals surface area (Å²) in [7, 11) is 0. The minimum absolute atomic E-state index is 0.175. The molecule has 1 heterocycles. The van der Waals surface area contributed by atoms with E-state index in [4.69, 9.17) is 4.74 Å². The molecule has 5 nitrogen and oxygen atoms in total. The number of benzene rings is 1. The number of rotatable bonds is 3. The van der Waals surface area contributed by atoms with Gasteiger partial charge in [0.1, 0.15) is 5.60 Å². The van der Waals surface area contributed by atoms with E-state index < -0.39 is 23.8 Å². The lowest BCUT2D eigenvalue weighted by molar-refractivity contribution is -0.170. The van der Waals surface area contributed by atoms with Crippen LogP contribution in [-0.4, -0.2) is 48.3 Å². The van der Waals surface area contributed by atoms with Crippen molar-refractivity contribution >= 4 is 17.7 Å². The molecule has 0 radical (unpaired) electrons. The number of para-hydroxylation sites is 1. The normalized spacial score (nSPS) is 15.1. The van der Waals surface area contributed by atoms with Crippen LogP contribution in [0.2, 0.25) is 0 Å². The highest BCUT2D eigenvalue weighted by Crippen LogP contribution is 2.28. The first-order chi connectivity index (χ1) is 12.9. The highest BCUT2D eigenvalue weighted by atomic mass is 19.4. The van der Waals surface area contributed by atoms with E-state index in [0.717, 1.165) is 4.90 Å². The maximum absolute atomic E-state index is 13.1. The van der Waals surface area contributed by atoms with Crippen LogP contribution in [0.5, 0.6) is 0 Å². The zero-order chi connectivity index (χ0) is 21.1. The molecule has 0 atom stereocenters. The predicted molar refractivity (Wildman–Crippen MR) is 100 cm³/mol. The molecular formula is C20H25F3N2O3. The number of hydrogen-bond acceptors (Lipinski definition) is 3. The molecule has 0 fully saturated rings. The first kappa shape index (κ1) is 21.8. The van der Waals surface area contributed by atoms with Crippen LogP contribution >= 0.6 is 0 Å². The molecule has 0 aliphatic carbocycles. The number of hydrogen-bond donors (Lipinski definition) is 0. The zero-order valence-electron chi connectivity index (χ0n) is 16.5. The van der Waals surface area contributed by atoms with Gasteiger partial charge in [0.15, 0.2) is 0 Å². The van der Waals surface area contributed by atoms with Gasteiger partial charge in [0.05, 0.1) is 0 Å². The summed E-state index contributed by atoms with van der Waals surface area (Å²) in [6, 6.07) is 6.45. The summed E-state index contributed by atoms with van der Waals surface area (Å²) in [6.07, 6.45) is -3.39. The molecule has 2 rings (SSSR count). The van der Waals surface area contributed by atoms with E-state index in [1.54, 1.807) is 52.0 Å². The van der Waals surface area contributed by atoms with E-state index in [9.17, 15) is 22.8 Å². The Kier molecular flexibility index (Phi) is 6.41. The number of halogens is 3. The van der Waals surface area contributed by atoms with Gasteiger partial charge < -0.3 is 14.5 Å². The second-order valence-electron chi connectivity index (χ2n) is 7.71. The predicted octanol–water partition coefficient (Wildman–Crippen LogP) is 4.46. The van der Waals surface area contributed by atoms with E-state index >= 15 is 0 Å². The molecule has 1 aromatic carbocycles. The van der Waals surface area contributed by atoms with Crippen LogP contribution in [0.25, 0.3) is 0 Å². The van der Waals surface area contributed by atoms with Crippen molar-refractivity contribution in [2.75, 3.05) is 24.5 Å². The number of carbonyl (C=O) groups excluding carboxylic acids is 2. The van der Waals surface area contributed by atoms with Crippen LogP contribution < -0.4 is 4.90 Å². The van der Waals surface area contributed by atoms with Gasteiger partial charge in [-0.1, -0.05) is 29.8 Å². The molecule has 1 aromatic rings. The fourth-order valence-corrected chi connectivity index (χ4v) is 2.84. The first-order valence-corrected chi connectivity index (χ1v) is 8.98. The maximum Gasteiger partial charge on any atom is 0.471 e. The van der Waals surface area contributed by atoms with Crippen LogP contribution in [0.3, 0.4) is 0 Å². The van der Waals surface area contributed by atoms with Crippen molar-refractivity contribution in [1.29, 1.82) is 0 Å². The molecule has 0 unspecified atom stereocenters. The summed E-state index contributed by atoms with van der Waals surface area (Å²) in [5.74, 6) is -1.91. The van der Waals surface area contributed by atoms with Crippen molar-refractivity contribution in [1.82, 2.24) is 4.90 Å². The first-order valence-electron chi connectivity index (χ1n) is 8.98. The molecule has 0 bridgehead atoms. The van der Waals surface area contributed by atoms with Crippen LogP contribution in [0, 0.1) is 6.92 Å². The molecule has 1 aliphatic heterocycles. The highest BCUT2D eigenvalue weighted by Gasteiger charge is 2.43. The van der Waals surface area contributed by atoms with Crippen molar-refractivity contribution in [3.05, 3.63) is 41.5 Å². The standard InChI is InChI=1S/C20H25F3N2O3/c1-14-7-5-6-8-16(14)25(17(26)20(21,22)23)13-15-9-11-24(12-10-15)18(27)28-19(2,3)4/h5-9H,10-13H2,1-4H3. The van der Waals surface area contributed by atoms with Crippen molar-refractivity contribution < 1.29 is 27.5 Å². The second-order valence-corrected chi connectivity index (χ2v) is 7.71. The Morgan fingerprint density at radius 1 is 1.18 bits per heavy atom. The lowest BCUT2D eigenvalue weighted by Gasteiger charge is -2.32. The second kappa shape index (κ2) is 8.24. The summed E-state index contributed by atoms with van der Waals surface area (Å²) in [4.78, 5) is 26.4. The van der Waals surface area contributed by atoms with E-state index in [-0.39, 0.29) is 18.8 Å². The number of nitrogens with zero attached hydrogens (tertiary/aromatic N) is 2. The topological polar surface area (TPSA) is 49.9 Å². The number of carbonyl (C=O) groups is 2. The van der Waals surface area contributed by atoms with Crippen molar-refractivity contribution in [2.24, 2.45) is 0 Å². The van der Waals surface area contributed by atoms with E-state index in [1.807, 2.05) is 0 Å². The molecule has 0 aromatic heterocycles. The molecule has 0 N–H and O–H groups in total. The Morgan fingerprint density at radius 3 is 2.32 bits per heavy atom. The summed E-state index contributed by atoms with van der Waals surface area (Å²) in [5, 5.41) is 0. The van der Waals surface area contributed by atoms with E-state index in [0.29, 0.717) is 24.1 Å². The molecule has 0 spiro atoms. The average Bonchev–Trinajstić information content (AvgIpc) is 2.58. The lowest BCUT2D eigenvalue weighted by atomic mass is 10.1. The number of anilines is 1. The Hall–Kier alpha value is -2.51. The fourth-order valence-electron chi connectivity index (χ4n) is 2.84. The van der Waals surface area contributed by atoms with Gasteiger partial charge in [-0.15, -0.1) is 0 Å². The summed E-state index contributed by atoms with van der Waals surface area (Å²) >= 11 is 0. The Balaban J connectivity index is 2.17. The minimum atomic E-state index is -4.97. The van der Waals surface area contributed by atoms with Crippen LogP contribution in [0.1, 0.15) is 32.8 Å². The maximum atomic E-state index is 13.1. The molecule has 0 saturated heterocycles. The number of alkyl halides is 3. The largest absolute Gasteiger partial charge is 0.471 e. The van der Waals surface area contributed by atoms with Crippen LogP contribution in [-0.2, 0) is 9.53 Å². The molecular weight excluding hydrogens is 373 g/mol. The van der Waals surface area contributed by atoms with Gasteiger partial charge in [0, 0.05) is 25.3 Å². The van der Waals surface area contributed by atoms with Gasteiger partial charge in [-0.2, -0.15) is 13.2 Å². The third-order valence-corrected chi connectivity index (χ3v) is 4.21. The molecule has 1 aliphatic rings. The number of amides is 2. The third kappa shape index (κ3) is 5.74. The highest BCUT2D eigenvalue weighted by molar-refractivity contribution is 5.98. The van der Waals surface area contributed by atoms with Gasteiger partial charge in [0.25, 0.3) is 0 Å². The zero-order valence-corrected chi connectivity index (χ0v) is 16.5. The van der Waals surface area contributed by atoms with Crippen molar-refractivity contribution in [2.45, 2.75) is 45.9 Å². The molecule has 28 heavy (non-hydrogen) atoms. The van der Waals surface area contributed by atoms with Crippen LogP contribution in [0.15, 0.2) is 35.9 Å². The van der Waals surface area contributed by atoms with Gasteiger partial charge in [-0.05, 0) is 45.7 Å². The molecule has 8 heteroatoms. The summed E-state index contributed by atoms with van der Waals surface area (Å²) in [5.41, 5.74) is 0.842. The third-order valence-electron chi connectivity index (χ3n) is 4.21. The lowest BCUT2D eigenvalue weighted by Crippen LogP contribution is -2.44. The fraction of sp³-hybridized carbons (Fsp3) is 0.500. The number of aryl methyl sites for hydroxylation is 1. The summed E-state index contributed by atoms with van der Waals surface area (Å²) in [6.45, 7) is 7.32. The van der Waals surface area contributed by atoms with Crippen LogP contribution in [0.4, 0.5) is 23.7 Å². The van der Waals surface area contributed by atoms with Gasteiger partial charge in [-0.25, -0.2) is 4.79 Å². The quantitative estimate of drug-likeness (QED) is 0.707. The summed E-state index contributed by atoms with van der Waals surface area (Å²) < 4.78 is 44.7. The van der Waals surface area contributed by atoms with E-state index in [2.05, 4.69) is 0 Å². The SMILES string of the molecule is Cc1ccccc1N(CC1=CCN(C(=O)OC(C)(C)C)CC1)C(=O)C(F)(F)F. The van der Waals surface area contributed by atoms with Gasteiger partial charge in [0.2, 0.25) is 0 Å². The van der Waals surface area contributed by atoms with Gasteiger partial charge >= 0.3 is 18.2 Å². The van der Waals surface area contributed by atoms with Crippen molar-refractivity contribution in [3.63, 3.8) is 0 Å². The van der Waals surface area contributed by atoms with Crippen molar-refractivity contribution in [3.8, 4) is 0 Å². The van der Waals surface area contributed by atoms with Gasteiger partial charge in [-0.3, -0.25) is 4.79 Å².